The summed E-state index contributed by atoms with van der Waals surface area (Å²) in [5.41, 5.74) is 1.23. The molecule has 3 heterocycles. The molecule has 0 amide bonds. The van der Waals surface area contributed by atoms with Gasteiger partial charge in [-0.05, 0) is 32.3 Å². The number of fused-ring (bicyclic) bond motifs is 1. The minimum Gasteiger partial charge on any atom is -0.353 e. The molecule has 2 aliphatic rings. The molecule has 0 aromatic carbocycles. The normalized spacial score (nSPS) is 20.3. The molecule has 1 aliphatic carbocycles. The van der Waals surface area contributed by atoms with Gasteiger partial charge in [-0.3, -0.25) is 0 Å². The van der Waals surface area contributed by atoms with Gasteiger partial charge in [-0.2, -0.15) is 4.31 Å². The molecule has 1 aliphatic heterocycles. The van der Waals surface area contributed by atoms with Gasteiger partial charge < -0.3 is 4.90 Å². The maximum absolute atomic E-state index is 12.3. The molecule has 2 fully saturated rings. The van der Waals surface area contributed by atoms with Gasteiger partial charge in [-0.25, -0.2) is 18.4 Å². The second-order valence-corrected chi connectivity index (χ2v) is 9.71. The number of hydrogen-bond acceptors (Lipinski definition) is 6. The van der Waals surface area contributed by atoms with E-state index in [1.165, 1.54) is 10.4 Å². The largest absolute Gasteiger partial charge is 0.353 e. The van der Waals surface area contributed by atoms with Crippen molar-refractivity contribution >= 4 is 37.4 Å². The Labute approximate surface area is 140 Å². The number of piperazine rings is 1. The molecular formula is C15H20N4O2S2. The molecule has 2 aromatic heterocycles. The first-order chi connectivity index (χ1) is 11.0. The lowest BCUT2D eigenvalue weighted by atomic mass is 10.2. The van der Waals surface area contributed by atoms with Crippen LogP contribution in [0.3, 0.4) is 0 Å². The fourth-order valence-electron chi connectivity index (χ4n) is 3.13. The number of rotatable bonds is 3. The van der Waals surface area contributed by atoms with Crippen molar-refractivity contribution in [2.75, 3.05) is 31.1 Å². The van der Waals surface area contributed by atoms with E-state index in [0.29, 0.717) is 26.2 Å². The predicted molar refractivity (Wildman–Crippen MR) is 92.6 cm³/mol. The molecule has 6 nitrogen and oxygen atoms in total. The molecular weight excluding hydrogens is 332 g/mol. The zero-order chi connectivity index (χ0) is 16.2. The van der Waals surface area contributed by atoms with E-state index in [-0.39, 0.29) is 5.25 Å². The second-order valence-electron chi connectivity index (χ2n) is 6.29. The fraction of sp³-hybridized carbons (Fsp3) is 0.600. The number of nitrogens with zero attached hydrogens (tertiary/aromatic N) is 4. The molecule has 124 valence electrons. The topological polar surface area (TPSA) is 66.4 Å². The summed E-state index contributed by atoms with van der Waals surface area (Å²) in [6.07, 6.45) is 3.26. The molecule has 0 spiro atoms. The molecule has 0 atom stereocenters. The van der Waals surface area contributed by atoms with Crippen LogP contribution in [0.5, 0.6) is 0 Å². The Morgan fingerprint density at radius 3 is 2.48 bits per heavy atom. The number of thiophene rings is 1. The lowest BCUT2D eigenvalue weighted by Gasteiger charge is -2.35. The fourth-order valence-corrected chi connectivity index (χ4v) is 5.95. The minimum atomic E-state index is -3.07. The van der Waals surface area contributed by atoms with Crippen molar-refractivity contribution in [3.8, 4) is 0 Å². The Morgan fingerprint density at radius 1 is 1.13 bits per heavy atom. The van der Waals surface area contributed by atoms with E-state index >= 15 is 0 Å². The van der Waals surface area contributed by atoms with Gasteiger partial charge in [-0.15, -0.1) is 11.3 Å². The highest BCUT2D eigenvalue weighted by Crippen LogP contribution is 2.35. The molecule has 23 heavy (non-hydrogen) atoms. The van der Waals surface area contributed by atoms with Crippen molar-refractivity contribution < 1.29 is 8.42 Å². The number of aryl methyl sites for hydroxylation is 2. The van der Waals surface area contributed by atoms with Crippen LogP contribution in [0.2, 0.25) is 0 Å². The summed E-state index contributed by atoms with van der Waals surface area (Å²) in [4.78, 5) is 13.3. The van der Waals surface area contributed by atoms with Gasteiger partial charge in [0.15, 0.2) is 0 Å². The Bertz CT molecular complexity index is 850. The molecule has 8 heteroatoms. The van der Waals surface area contributed by atoms with E-state index in [1.807, 2.05) is 0 Å². The molecule has 4 rings (SSSR count). The highest BCUT2D eigenvalue weighted by atomic mass is 32.2. The summed E-state index contributed by atoms with van der Waals surface area (Å²) >= 11 is 1.69. The van der Waals surface area contributed by atoms with Crippen LogP contribution in [-0.2, 0) is 10.0 Å². The van der Waals surface area contributed by atoms with Gasteiger partial charge in [0, 0.05) is 31.1 Å². The third-order valence-electron chi connectivity index (χ3n) is 4.79. The highest BCUT2D eigenvalue weighted by Gasteiger charge is 2.41. The van der Waals surface area contributed by atoms with Gasteiger partial charge in [0.1, 0.15) is 17.0 Å². The lowest BCUT2D eigenvalue weighted by molar-refractivity contribution is 0.383. The van der Waals surface area contributed by atoms with E-state index in [2.05, 4.69) is 28.7 Å². The van der Waals surface area contributed by atoms with Crippen LogP contribution in [0.4, 0.5) is 5.82 Å². The van der Waals surface area contributed by atoms with Crippen LogP contribution in [0.15, 0.2) is 6.33 Å². The zero-order valence-electron chi connectivity index (χ0n) is 13.3. The minimum absolute atomic E-state index is 0.124. The maximum atomic E-state index is 12.3. The summed E-state index contributed by atoms with van der Waals surface area (Å²) in [5, 5.41) is 0.995. The first-order valence-corrected chi connectivity index (χ1v) is 10.2. The quantitative estimate of drug-likeness (QED) is 0.844. The van der Waals surface area contributed by atoms with Crippen LogP contribution < -0.4 is 4.90 Å². The van der Waals surface area contributed by atoms with Crippen molar-refractivity contribution in [1.82, 2.24) is 14.3 Å². The van der Waals surface area contributed by atoms with E-state index in [0.717, 1.165) is 28.9 Å². The Balaban J connectivity index is 1.59. The first kappa shape index (κ1) is 15.3. The van der Waals surface area contributed by atoms with Crippen LogP contribution in [0, 0.1) is 13.8 Å². The molecule has 1 saturated heterocycles. The van der Waals surface area contributed by atoms with Crippen molar-refractivity contribution in [1.29, 1.82) is 0 Å². The van der Waals surface area contributed by atoms with Crippen molar-refractivity contribution in [3.63, 3.8) is 0 Å². The molecule has 0 unspecified atom stereocenters. The van der Waals surface area contributed by atoms with Gasteiger partial charge in [0.05, 0.1) is 10.6 Å². The second kappa shape index (κ2) is 5.39. The third-order valence-corrected chi connectivity index (χ3v) is 8.30. The Hall–Kier alpha value is -1.25. The van der Waals surface area contributed by atoms with Crippen molar-refractivity contribution in [2.45, 2.75) is 31.9 Å². The lowest BCUT2D eigenvalue weighted by Crippen LogP contribution is -2.49. The molecule has 0 radical (unpaired) electrons. The van der Waals surface area contributed by atoms with E-state index in [9.17, 15) is 8.42 Å². The third kappa shape index (κ3) is 2.53. The number of anilines is 1. The highest BCUT2D eigenvalue weighted by molar-refractivity contribution is 7.90. The number of sulfonamides is 1. The van der Waals surface area contributed by atoms with E-state index in [4.69, 9.17) is 0 Å². The van der Waals surface area contributed by atoms with Crippen LogP contribution in [0.1, 0.15) is 23.3 Å². The standard InChI is InChI=1S/C15H20N4O2S2/c1-10-11(2)22-15-13(10)14(16-9-17-15)18-5-7-19(8-6-18)23(20,21)12-3-4-12/h9,12H,3-8H2,1-2H3. The number of hydrogen-bond donors (Lipinski definition) is 0. The average Bonchev–Trinajstić information content (AvgIpc) is 3.36. The maximum Gasteiger partial charge on any atom is 0.217 e. The van der Waals surface area contributed by atoms with Crippen LogP contribution in [0.25, 0.3) is 10.2 Å². The summed E-state index contributed by atoms with van der Waals surface area (Å²) in [5.74, 6) is 0.945. The summed E-state index contributed by atoms with van der Waals surface area (Å²) in [6.45, 7) is 6.68. The van der Waals surface area contributed by atoms with Crippen molar-refractivity contribution in [2.24, 2.45) is 0 Å². The Morgan fingerprint density at radius 2 is 1.83 bits per heavy atom. The smallest absolute Gasteiger partial charge is 0.217 e. The van der Waals surface area contributed by atoms with Crippen LogP contribution in [-0.4, -0.2) is 54.1 Å². The SMILES string of the molecule is Cc1sc2ncnc(N3CCN(S(=O)(=O)C4CC4)CC3)c2c1C. The van der Waals surface area contributed by atoms with Crippen molar-refractivity contribution in [3.05, 3.63) is 16.8 Å². The molecule has 2 aromatic rings. The van der Waals surface area contributed by atoms with Gasteiger partial charge in [0.2, 0.25) is 10.0 Å². The molecule has 0 bridgehead atoms. The summed E-state index contributed by atoms with van der Waals surface area (Å²) in [7, 11) is -3.07. The van der Waals surface area contributed by atoms with Gasteiger partial charge in [-0.1, -0.05) is 0 Å². The van der Waals surface area contributed by atoms with Gasteiger partial charge in [0.25, 0.3) is 0 Å². The van der Waals surface area contributed by atoms with E-state index < -0.39 is 10.0 Å². The average molecular weight is 352 g/mol. The van der Waals surface area contributed by atoms with Gasteiger partial charge >= 0.3 is 0 Å². The number of aromatic nitrogens is 2. The predicted octanol–water partition coefficient (Wildman–Crippen LogP) is 1.92. The zero-order valence-corrected chi connectivity index (χ0v) is 15.0. The Kier molecular flexibility index (Phi) is 3.58. The summed E-state index contributed by atoms with van der Waals surface area (Å²) < 4.78 is 26.3. The van der Waals surface area contributed by atoms with E-state index in [1.54, 1.807) is 22.0 Å². The molecule has 1 saturated carbocycles. The molecule has 0 N–H and O–H groups in total. The monoisotopic (exact) mass is 352 g/mol. The first-order valence-electron chi connectivity index (χ1n) is 7.93. The van der Waals surface area contributed by atoms with Crippen LogP contribution >= 0.6 is 11.3 Å². The summed E-state index contributed by atoms with van der Waals surface area (Å²) in [6, 6.07) is 0.